The largest absolute Gasteiger partial charge is 0.480 e. The molecule has 0 aliphatic rings. The van der Waals surface area contributed by atoms with Crippen molar-refractivity contribution in [1.82, 2.24) is 10.6 Å². The molecule has 2 amide bonds. The van der Waals surface area contributed by atoms with Crippen LogP contribution in [0.25, 0.3) is 0 Å². The summed E-state index contributed by atoms with van der Waals surface area (Å²) in [6.45, 7) is 8.72. The number of carboxylic acid groups (broad SMARTS) is 1. The highest BCUT2D eigenvalue weighted by atomic mass is 16.4. The van der Waals surface area contributed by atoms with Crippen molar-refractivity contribution in [3.05, 3.63) is 0 Å². The van der Waals surface area contributed by atoms with Crippen molar-refractivity contribution in [2.45, 2.75) is 66.0 Å². The summed E-state index contributed by atoms with van der Waals surface area (Å²) < 4.78 is 0. The Kier molecular flexibility index (Phi) is 7.24. The van der Waals surface area contributed by atoms with Gasteiger partial charge in [0.25, 0.3) is 0 Å². The third kappa shape index (κ3) is 6.54. The van der Waals surface area contributed by atoms with Crippen molar-refractivity contribution in [2.75, 3.05) is 0 Å². The topological polar surface area (TPSA) is 95.5 Å². The van der Waals surface area contributed by atoms with Gasteiger partial charge in [0.2, 0.25) is 11.8 Å². The molecule has 0 aromatic carbocycles. The molecule has 2 atom stereocenters. The van der Waals surface area contributed by atoms with Crippen LogP contribution in [0, 0.1) is 5.41 Å². The molecule has 0 saturated heterocycles. The minimum absolute atomic E-state index is 0.249. The number of nitrogens with one attached hydrogen (secondary N) is 2. The Bertz CT molecular complexity index is 361. The fourth-order valence-corrected chi connectivity index (χ4v) is 1.44. The van der Waals surface area contributed by atoms with Crippen molar-refractivity contribution in [3.63, 3.8) is 0 Å². The monoisotopic (exact) mass is 286 g/mol. The fraction of sp³-hybridized carbons (Fsp3) is 0.786. The van der Waals surface area contributed by atoms with Crippen molar-refractivity contribution >= 4 is 17.8 Å². The van der Waals surface area contributed by atoms with Crippen LogP contribution in [0.1, 0.15) is 53.9 Å². The van der Waals surface area contributed by atoms with Crippen LogP contribution >= 0.6 is 0 Å². The number of hydrogen-bond donors (Lipinski definition) is 3. The van der Waals surface area contributed by atoms with Crippen LogP contribution in [0.5, 0.6) is 0 Å². The van der Waals surface area contributed by atoms with Gasteiger partial charge in [-0.2, -0.15) is 0 Å². The molecular formula is C14H26N2O4. The average molecular weight is 286 g/mol. The first-order chi connectivity index (χ1) is 9.09. The molecule has 0 bridgehead atoms. The minimum Gasteiger partial charge on any atom is -0.480 e. The average Bonchev–Trinajstić information content (AvgIpc) is 2.32. The molecule has 20 heavy (non-hydrogen) atoms. The predicted octanol–water partition coefficient (Wildman–Crippen LogP) is 1.30. The normalized spacial score (nSPS) is 14.2. The molecule has 116 valence electrons. The summed E-state index contributed by atoms with van der Waals surface area (Å²) in [5.74, 6) is -1.78. The molecule has 6 nitrogen and oxygen atoms in total. The lowest BCUT2D eigenvalue weighted by Gasteiger charge is -2.23. The number of carbonyl (C=O) groups excluding carboxylic acids is 2. The van der Waals surface area contributed by atoms with E-state index >= 15 is 0 Å². The van der Waals surface area contributed by atoms with Crippen LogP contribution in [-0.4, -0.2) is 35.0 Å². The molecule has 0 aliphatic carbocycles. The molecule has 0 fully saturated rings. The number of amides is 2. The summed E-state index contributed by atoms with van der Waals surface area (Å²) in [7, 11) is 0. The van der Waals surface area contributed by atoms with Gasteiger partial charge in [0.05, 0.1) is 0 Å². The number of carbonyl (C=O) groups is 3. The Morgan fingerprint density at radius 2 is 1.70 bits per heavy atom. The summed E-state index contributed by atoms with van der Waals surface area (Å²) in [5, 5.41) is 14.1. The Morgan fingerprint density at radius 3 is 2.10 bits per heavy atom. The SMILES string of the molecule is CCCC[C@H](NC(=O)C(C)NC(=O)C(C)(C)C)C(=O)O. The van der Waals surface area contributed by atoms with Gasteiger partial charge in [-0.3, -0.25) is 9.59 Å². The molecule has 0 saturated carbocycles. The maximum Gasteiger partial charge on any atom is 0.326 e. The van der Waals surface area contributed by atoms with Gasteiger partial charge in [0.15, 0.2) is 0 Å². The summed E-state index contributed by atoms with van der Waals surface area (Å²) in [6.07, 6.45) is 1.97. The summed E-state index contributed by atoms with van der Waals surface area (Å²) in [6, 6.07) is -1.67. The van der Waals surface area contributed by atoms with Crippen LogP contribution < -0.4 is 10.6 Å². The molecule has 0 rings (SSSR count). The standard InChI is InChI=1S/C14H26N2O4/c1-6-7-8-10(12(18)19)16-11(17)9(2)15-13(20)14(3,4)5/h9-10H,6-8H2,1-5H3,(H,15,20)(H,16,17)(H,18,19)/t9?,10-/m0/s1. The highest BCUT2D eigenvalue weighted by Gasteiger charge is 2.27. The van der Waals surface area contributed by atoms with E-state index in [4.69, 9.17) is 5.11 Å². The number of unbranched alkanes of at least 4 members (excludes halogenated alkanes) is 1. The highest BCUT2D eigenvalue weighted by molar-refractivity contribution is 5.91. The molecule has 1 unspecified atom stereocenters. The smallest absolute Gasteiger partial charge is 0.326 e. The van der Waals surface area contributed by atoms with Crippen molar-refractivity contribution in [1.29, 1.82) is 0 Å². The van der Waals surface area contributed by atoms with E-state index in [9.17, 15) is 14.4 Å². The van der Waals surface area contributed by atoms with Gasteiger partial charge >= 0.3 is 5.97 Å². The molecule has 0 aromatic rings. The van der Waals surface area contributed by atoms with Crippen LogP contribution in [0.15, 0.2) is 0 Å². The van der Waals surface area contributed by atoms with Crippen molar-refractivity contribution < 1.29 is 19.5 Å². The third-order valence-electron chi connectivity index (χ3n) is 2.88. The number of rotatable bonds is 7. The Balaban J connectivity index is 4.50. The predicted molar refractivity (Wildman–Crippen MR) is 76.2 cm³/mol. The zero-order valence-corrected chi connectivity index (χ0v) is 12.9. The second-order valence-corrected chi connectivity index (χ2v) is 5.99. The van der Waals surface area contributed by atoms with Crippen LogP contribution in [0.3, 0.4) is 0 Å². The maximum absolute atomic E-state index is 11.9. The quantitative estimate of drug-likeness (QED) is 0.657. The van der Waals surface area contributed by atoms with E-state index in [0.29, 0.717) is 6.42 Å². The fourth-order valence-electron chi connectivity index (χ4n) is 1.44. The Morgan fingerprint density at radius 1 is 1.15 bits per heavy atom. The highest BCUT2D eigenvalue weighted by Crippen LogP contribution is 2.12. The summed E-state index contributed by atoms with van der Waals surface area (Å²) >= 11 is 0. The van der Waals surface area contributed by atoms with E-state index in [1.807, 2.05) is 6.92 Å². The molecule has 0 aliphatic heterocycles. The van der Waals surface area contributed by atoms with Gasteiger partial charge in [-0.05, 0) is 13.3 Å². The molecule has 6 heteroatoms. The first kappa shape index (κ1) is 18.4. The van der Waals surface area contributed by atoms with E-state index in [-0.39, 0.29) is 5.91 Å². The number of aliphatic carboxylic acids is 1. The second-order valence-electron chi connectivity index (χ2n) is 5.99. The lowest BCUT2D eigenvalue weighted by Crippen LogP contribution is -2.52. The van der Waals surface area contributed by atoms with Crippen LogP contribution in [0.2, 0.25) is 0 Å². The second kappa shape index (κ2) is 7.87. The Hall–Kier alpha value is -1.59. The van der Waals surface area contributed by atoms with E-state index in [0.717, 1.165) is 12.8 Å². The molecular weight excluding hydrogens is 260 g/mol. The maximum atomic E-state index is 11.9. The minimum atomic E-state index is -1.05. The van der Waals surface area contributed by atoms with E-state index in [1.54, 1.807) is 20.8 Å². The van der Waals surface area contributed by atoms with Crippen molar-refractivity contribution in [3.8, 4) is 0 Å². The third-order valence-corrected chi connectivity index (χ3v) is 2.88. The summed E-state index contributed by atoms with van der Waals surface area (Å²) in [4.78, 5) is 34.7. The number of carboxylic acids is 1. The van der Waals surface area contributed by atoms with Gasteiger partial charge in [-0.15, -0.1) is 0 Å². The summed E-state index contributed by atoms with van der Waals surface area (Å²) in [5.41, 5.74) is -0.594. The van der Waals surface area contributed by atoms with E-state index in [2.05, 4.69) is 10.6 Å². The van der Waals surface area contributed by atoms with Crippen LogP contribution in [-0.2, 0) is 14.4 Å². The first-order valence-electron chi connectivity index (χ1n) is 6.93. The first-order valence-corrected chi connectivity index (χ1v) is 6.93. The van der Waals surface area contributed by atoms with E-state index in [1.165, 1.54) is 6.92 Å². The lowest BCUT2D eigenvalue weighted by atomic mass is 9.95. The Labute approximate surface area is 120 Å². The molecule has 0 aromatic heterocycles. The van der Waals surface area contributed by atoms with Gasteiger partial charge < -0.3 is 15.7 Å². The molecule has 3 N–H and O–H groups in total. The van der Waals surface area contributed by atoms with Gasteiger partial charge in [-0.1, -0.05) is 40.5 Å². The molecule has 0 radical (unpaired) electrons. The lowest BCUT2D eigenvalue weighted by molar-refractivity contribution is -0.142. The molecule has 0 spiro atoms. The zero-order chi connectivity index (χ0) is 15.9. The van der Waals surface area contributed by atoms with Gasteiger partial charge in [0, 0.05) is 5.41 Å². The van der Waals surface area contributed by atoms with Crippen LogP contribution in [0.4, 0.5) is 0 Å². The van der Waals surface area contributed by atoms with E-state index < -0.39 is 29.4 Å². The van der Waals surface area contributed by atoms with Gasteiger partial charge in [0.1, 0.15) is 12.1 Å². The number of hydrogen-bond acceptors (Lipinski definition) is 3. The van der Waals surface area contributed by atoms with Crippen molar-refractivity contribution in [2.24, 2.45) is 5.41 Å². The zero-order valence-electron chi connectivity index (χ0n) is 12.9. The van der Waals surface area contributed by atoms with Gasteiger partial charge in [-0.25, -0.2) is 4.79 Å². The molecule has 0 heterocycles.